The maximum absolute atomic E-state index is 10.5. The fourth-order valence-corrected chi connectivity index (χ4v) is 0.784. The molecule has 1 aromatic heterocycles. The Hall–Kier alpha value is -1.92. The molecule has 1 rings (SSSR count). The Balaban J connectivity index is 2.53. The first-order valence-corrected chi connectivity index (χ1v) is 4.16. The topological polar surface area (TPSA) is 91.5 Å². The highest BCUT2D eigenvalue weighted by atomic mass is 16.6. The summed E-state index contributed by atoms with van der Waals surface area (Å²) in [6.07, 6.45) is 0. The van der Waals surface area contributed by atoms with Gasteiger partial charge in [-0.15, -0.1) is 0 Å². The van der Waals surface area contributed by atoms with E-state index in [2.05, 4.69) is 14.9 Å². The number of rotatable bonds is 4. The lowest BCUT2D eigenvalue weighted by molar-refractivity contribution is -0.144. The minimum atomic E-state index is -0.434. The zero-order valence-corrected chi connectivity index (χ0v) is 8.35. The van der Waals surface area contributed by atoms with Crippen molar-refractivity contribution in [3.05, 3.63) is 11.4 Å². The highest BCUT2D eigenvalue weighted by Crippen LogP contribution is 2.06. The molecule has 0 saturated carbocycles. The average molecular weight is 214 g/mol. The van der Waals surface area contributed by atoms with Crippen molar-refractivity contribution in [2.75, 3.05) is 0 Å². The summed E-state index contributed by atoms with van der Waals surface area (Å²) in [5.74, 6) is -0.868. The lowest BCUT2D eigenvalue weighted by Crippen LogP contribution is -2.05. The molecule has 0 aliphatic heterocycles. The number of nitrogens with zero attached hydrogens (tertiary/aromatic N) is 2. The van der Waals surface area contributed by atoms with Crippen molar-refractivity contribution >= 4 is 11.9 Å². The van der Waals surface area contributed by atoms with Crippen molar-refractivity contribution in [2.45, 2.75) is 27.1 Å². The first-order valence-electron chi connectivity index (χ1n) is 4.16. The van der Waals surface area contributed by atoms with Crippen molar-refractivity contribution in [3.8, 4) is 0 Å². The van der Waals surface area contributed by atoms with Gasteiger partial charge in [0.2, 0.25) is 0 Å². The Kier molecular flexibility index (Phi) is 3.78. The van der Waals surface area contributed by atoms with Crippen LogP contribution in [0.4, 0.5) is 0 Å². The van der Waals surface area contributed by atoms with E-state index in [1.807, 2.05) is 0 Å². The minimum Gasteiger partial charge on any atom is -0.459 e. The van der Waals surface area contributed by atoms with Gasteiger partial charge in [0.05, 0.1) is 0 Å². The summed E-state index contributed by atoms with van der Waals surface area (Å²) in [6, 6.07) is 0. The number of aromatic nitrogens is 2. The van der Waals surface area contributed by atoms with Crippen LogP contribution < -0.4 is 0 Å². The SMILES string of the molecule is CC(=O)OCc1nonc1COC(C)=O. The Morgan fingerprint density at radius 1 is 1.07 bits per heavy atom. The molecule has 0 saturated heterocycles. The van der Waals surface area contributed by atoms with E-state index in [4.69, 9.17) is 9.47 Å². The largest absolute Gasteiger partial charge is 0.459 e. The Bertz CT molecular complexity index is 327. The van der Waals surface area contributed by atoms with Crippen molar-refractivity contribution in [1.29, 1.82) is 0 Å². The third kappa shape index (κ3) is 3.75. The molecule has 0 aromatic carbocycles. The van der Waals surface area contributed by atoms with E-state index in [-0.39, 0.29) is 13.2 Å². The van der Waals surface area contributed by atoms with Gasteiger partial charge < -0.3 is 9.47 Å². The maximum Gasteiger partial charge on any atom is 0.303 e. The molecule has 0 atom stereocenters. The van der Waals surface area contributed by atoms with Gasteiger partial charge in [0.25, 0.3) is 0 Å². The summed E-state index contributed by atoms with van der Waals surface area (Å²) in [4.78, 5) is 21.1. The van der Waals surface area contributed by atoms with Crippen LogP contribution in [-0.2, 0) is 32.3 Å². The molecule has 0 unspecified atom stereocenters. The zero-order chi connectivity index (χ0) is 11.3. The van der Waals surface area contributed by atoms with E-state index in [0.29, 0.717) is 11.4 Å². The first-order chi connectivity index (χ1) is 7.09. The van der Waals surface area contributed by atoms with Crippen LogP contribution in [0.1, 0.15) is 25.2 Å². The molecule has 0 amide bonds. The fourth-order valence-electron chi connectivity index (χ4n) is 0.784. The molecule has 82 valence electrons. The third-order valence-corrected chi connectivity index (χ3v) is 1.46. The quantitative estimate of drug-likeness (QED) is 0.661. The van der Waals surface area contributed by atoms with Gasteiger partial charge in [-0.1, -0.05) is 10.3 Å². The Morgan fingerprint density at radius 3 is 1.80 bits per heavy atom. The lowest BCUT2D eigenvalue weighted by atomic mass is 10.3. The number of ether oxygens (including phenoxy) is 2. The number of carbonyl (C=O) groups is 2. The van der Waals surface area contributed by atoms with Gasteiger partial charge in [-0.25, -0.2) is 4.63 Å². The van der Waals surface area contributed by atoms with Crippen LogP contribution in [0.2, 0.25) is 0 Å². The van der Waals surface area contributed by atoms with E-state index in [1.54, 1.807) is 0 Å². The van der Waals surface area contributed by atoms with Crippen LogP contribution >= 0.6 is 0 Å². The second kappa shape index (κ2) is 5.08. The van der Waals surface area contributed by atoms with Crippen molar-refractivity contribution in [3.63, 3.8) is 0 Å². The van der Waals surface area contributed by atoms with E-state index >= 15 is 0 Å². The van der Waals surface area contributed by atoms with Gasteiger partial charge in [-0.3, -0.25) is 9.59 Å². The number of esters is 2. The van der Waals surface area contributed by atoms with Crippen LogP contribution in [0.5, 0.6) is 0 Å². The molecule has 1 heterocycles. The van der Waals surface area contributed by atoms with Crippen LogP contribution in [0.3, 0.4) is 0 Å². The van der Waals surface area contributed by atoms with E-state index in [1.165, 1.54) is 13.8 Å². The highest BCUT2D eigenvalue weighted by Gasteiger charge is 2.12. The maximum atomic E-state index is 10.5. The molecule has 0 spiro atoms. The summed E-state index contributed by atoms with van der Waals surface area (Å²) in [5, 5.41) is 7.02. The summed E-state index contributed by atoms with van der Waals surface area (Å²) in [6.45, 7) is 2.46. The van der Waals surface area contributed by atoms with Crippen LogP contribution in [-0.4, -0.2) is 22.3 Å². The predicted octanol–water partition coefficient (Wildman–Crippen LogP) is 0.196. The van der Waals surface area contributed by atoms with Gasteiger partial charge in [-0.2, -0.15) is 0 Å². The van der Waals surface area contributed by atoms with Gasteiger partial charge in [-0.05, 0) is 0 Å². The van der Waals surface area contributed by atoms with Crippen LogP contribution in [0.15, 0.2) is 4.63 Å². The second-order valence-electron chi connectivity index (χ2n) is 2.72. The Labute approximate surface area is 85.3 Å². The standard InChI is InChI=1S/C8H10N2O5/c1-5(11)13-3-7-8(10-15-9-7)4-14-6(2)12/h3-4H2,1-2H3. The van der Waals surface area contributed by atoms with Gasteiger partial charge >= 0.3 is 11.9 Å². The number of carbonyl (C=O) groups excluding carboxylic acids is 2. The smallest absolute Gasteiger partial charge is 0.303 e. The number of hydrogen-bond acceptors (Lipinski definition) is 7. The Morgan fingerprint density at radius 2 is 1.47 bits per heavy atom. The first kappa shape index (κ1) is 11.2. The third-order valence-electron chi connectivity index (χ3n) is 1.46. The molecule has 15 heavy (non-hydrogen) atoms. The zero-order valence-electron chi connectivity index (χ0n) is 8.35. The second-order valence-corrected chi connectivity index (χ2v) is 2.72. The van der Waals surface area contributed by atoms with Gasteiger partial charge in [0.15, 0.2) is 0 Å². The lowest BCUT2D eigenvalue weighted by Gasteiger charge is -2.00. The fraction of sp³-hybridized carbons (Fsp3) is 0.500. The molecule has 0 aliphatic rings. The molecule has 0 fully saturated rings. The highest BCUT2D eigenvalue weighted by molar-refractivity contribution is 5.66. The normalized spacial score (nSPS) is 9.73. The molecule has 7 heteroatoms. The van der Waals surface area contributed by atoms with Crippen LogP contribution in [0.25, 0.3) is 0 Å². The molecule has 7 nitrogen and oxygen atoms in total. The van der Waals surface area contributed by atoms with Crippen molar-refractivity contribution in [2.24, 2.45) is 0 Å². The summed E-state index contributed by atoms with van der Waals surface area (Å²) in [5.41, 5.74) is 0.679. The van der Waals surface area contributed by atoms with E-state index < -0.39 is 11.9 Å². The molecule has 0 aliphatic carbocycles. The number of hydrogen-bond donors (Lipinski definition) is 0. The van der Waals surface area contributed by atoms with Crippen molar-refractivity contribution < 1.29 is 23.7 Å². The molecule has 0 N–H and O–H groups in total. The molecular formula is C8H10N2O5. The molecule has 0 bridgehead atoms. The molecular weight excluding hydrogens is 204 g/mol. The van der Waals surface area contributed by atoms with Crippen LogP contribution in [0, 0.1) is 0 Å². The molecule has 1 aromatic rings. The summed E-state index contributed by atoms with van der Waals surface area (Å²) in [7, 11) is 0. The summed E-state index contributed by atoms with van der Waals surface area (Å²) >= 11 is 0. The predicted molar refractivity (Wildman–Crippen MR) is 45.2 cm³/mol. The molecule has 0 radical (unpaired) electrons. The average Bonchev–Trinajstić information content (AvgIpc) is 2.58. The van der Waals surface area contributed by atoms with Gasteiger partial charge in [0, 0.05) is 13.8 Å². The monoisotopic (exact) mass is 214 g/mol. The minimum absolute atomic E-state index is 0.0462. The van der Waals surface area contributed by atoms with E-state index in [0.717, 1.165) is 0 Å². The van der Waals surface area contributed by atoms with Crippen molar-refractivity contribution in [1.82, 2.24) is 10.3 Å². The summed E-state index contributed by atoms with van der Waals surface area (Å²) < 4.78 is 13.8. The van der Waals surface area contributed by atoms with Gasteiger partial charge in [0.1, 0.15) is 24.6 Å². The van der Waals surface area contributed by atoms with E-state index in [9.17, 15) is 9.59 Å².